The van der Waals surface area contributed by atoms with Gasteiger partial charge in [0.25, 0.3) is 0 Å². The van der Waals surface area contributed by atoms with Crippen molar-refractivity contribution in [3.63, 3.8) is 0 Å². The van der Waals surface area contributed by atoms with Gasteiger partial charge in [-0.25, -0.2) is 9.67 Å². The van der Waals surface area contributed by atoms with Crippen molar-refractivity contribution in [3.8, 4) is 0 Å². The third kappa shape index (κ3) is 2.16. The first kappa shape index (κ1) is 12.0. The number of rotatable bonds is 3. The van der Waals surface area contributed by atoms with Crippen LogP contribution in [0.5, 0.6) is 0 Å². The molecule has 1 atom stereocenters. The van der Waals surface area contributed by atoms with Gasteiger partial charge in [0.15, 0.2) is 0 Å². The molecule has 5 nitrogen and oxygen atoms in total. The highest BCUT2D eigenvalue weighted by Gasteiger charge is 2.23. The number of para-hydroxylation sites is 2. The van der Waals surface area contributed by atoms with Crippen LogP contribution in [0.4, 0.5) is 11.4 Å². The smallest absolute Gasteiger partial charge is 0.146 e. The van der Waals surface area contributed by atoms with Gasteiger partial charge in [0.1, 0.15) is 12.2 Å². The standard InChI is InChI=1S/C14H19N5/c1-3-19-14(16-10-17-19)9-18-11(2)8-15-12-6-4-5-7-13(12)18/h4-7,10-11,15H,3,8-9H2,1-2H3. The monoisotopic (exact) mass is 257 g/mol. The molecule has 5 heteroatoms. The lowest BCUT2D eigenvalue weighted by atomic mass is 10.1. The molecule has 1 aliphatic rings. The number of fused-ring (bicyclic) bond motifs is 1. The molecule has 0 saturated heterocycles. The van der Waals surface area contributed by atoms with Crippen LogP contribution in [0.3, 0.4) is 0 Å². The van der Waals surface area contributed by atoms with E-state index in [1.54, 1.807) is 6.33 Å². The van der Waals surface area contributed by atoms with Crippen molar-refractivity contribution in [2.24, 2.45) is 0 Å². The Labute approximate surface area is 113 Å². The van der Waals surface area contributed by atoms with Gasteiger partial charge in [-0.2, -0.15) is 5.10 Å². The van der Waals surface area contributed by atoms with E-state index in [0.29, 0.717) is 6.04 Å². The topological polar surface area (TPSA) is 46.0 Å². The zero-order valence-corrected chi connectivity index (χ0v) is 11.4. The molecule has 1 aromatic carbocycles. The summed E-state index contributed by atoms with van der Waals surface area (Å²) in [6.45, 7) is 6.94. The highest BCUT2D eigenvalue weighted by atomic mass is 15.4. The average Bonchev–Trinajstić information content (AvgIpc) is 2.89. The van der Waals surface area contributed by atoms with Gasteiger partial charge in [0.05, 0.1) is 17.9 Å². The van der Waals surface area contributed by atoms with E-state index in [4.69, 9.17) is 0 Å². The fourth-order valence-corrected chi connectivity index (χ4v) is 2.55. The number of hydrogen-bond acceptors (Lipinski definition) is 4. The van der Waals surface area contributed by atoms with Crippen LogP contribution in [-0.2, 0) is 13.1 Å². The number of nitrogens with zero attached hydrogens (tertiary/aromatic N) is 4. The van der Waals surface area contributed by atoms with Crippen LogP contribution < -0.4 is 10.2 Å². The Hall–Kier alpha value is -2.04. The maximum absolute atomic E-state index is 4.38. The van der Waals surface area contributed by atoms with Crippen LogP contribution in [0.25, 0.3) is 0 Å². The van der Waals surface area contributed by atoms with Crippen LogP contribution >= 0.6 is 0 Å². The summed E-state index contributed by atoms with van der Waals surface area (Å²) in [5.41, 5.74) is 2.44. The highest BCUT2D eigenvalue weighted by Crippen LogP contribution is 2.31. The summed E-state index contributed by atoms with van der Waals surface area (Å²) in [6.07, 6.45) is 1.64. The van der Waals surface area contributed by atoms with Gasteiger partial charge in [-0.15, -0.1) is 0 Å². The minimum atomic E-state index is 0.442. The van der Waals surface area contributed by atoms with Gasteiger partial charge in [-0.05, 0) is 26.0 Å². The molecule has 1 aliphatic heterocycles. The predicted molar refractivity (Wildman–Crippen MR) is 76.3 cm³/mol. The minimum absolute atomic E-state index is 0.442. The van der Waals surface area contributed by atoms with Gasteiger partial charge in [-0.3, -0.25) is 0 Å². The Morgan fingerprint density at radius 3 is 3.05 bits per heavy atom. The molecule has 3 rings (SSSR count). The number of nitrogens with one attached hydrogen (secondary N) is 1. The molecule has 0 aliphatic carbocycles. The molecule has 2 aromatic rings. The maximum Gasteiger partial charge on any atom is 0.146 e. The number of aryl methyl sites for hydroxylation is 1. The molecular weight excluding hydrogens is 238 g/mol. The van der Waals surface area contributed by atoms with Gasteiger partial charge in [0, 0.05) is 19.1 Å². The third-order valence-electron chi connectivity index (χ3n) is 3.64. The van der Waals surface area contributed by atoms with E-state index in [1.165, 1.54) is 11.4 Å². The second-order valence-corrected chi connectivity index (χ2v) is 4.87. The van der Waals surface area contributed by atoms with E-state index < -0.39 is 0 Å². The van der Waals surface area contributed by atoms with Crippen molar-refractivity contribution >= 4 is 11.4 Å². The Bertz CT molecular complexity index is 562. The van der Waals surface area contributed by atoms with Gasteiger partial charge in [0.2, 0.25) is 0 Å². The second-order valence-electron chi connectivity index (χ2n) is 4.87. The van der Waals surface area contributed by atoms with Crippen LogP contribution in [0.1, 0.15) is 19.7 Å². The lowest BCUT2D eigenvalue weighted by molar-refractivity contribution is 0.570. The van der Waals surface area contributed by atoms with E-state index in [1.807, 2.05) is 4.68 Å². The van der Waals surface area contributed by atoms with Crippen molar-refractivity contribution in [2.75, 3.05) is 16.8 Å². The van der Waals surface area contributed by atoms with Crippen molar-refractivity contribution < 1.29 is 0 Å². The molecule has 0 amide bonds. The molecule has 0 bridgehead atoms. The molecule has 0 spiro atoms. The molecule has 0 radical (unpaired) electrons. The van der Waals surface area contributed by atoms with Crippen LogP contribution in [0.15, 0.2) is 30.6 Å². The summed E-state index contributed by atoms with van der Waals surface area (Å²) < 4.78 is 1.96. The lowest BCUT2D eigenvalue weighted by Gasteiger charge is -2.37. The van der Waals surface area contributed by atoms with Crippen LogP contribution in [-0.4, -0.2) is 27.4 Å². The van der Waals surface area contributed by atoms with E-state index in [0.717, 1.165) is 25.5 Å². The van der Waals surface area contributed by atoms with Crippen molar-refractivity contribution in [3.05, 3.63) is 36.4 Å². The molecule has 2 heterocycles. The van der Waals surface area contributed by atoms with Gasteiger partial charge >= 0.3 is 0 Å². The van der Waals surface area contributed by atoms with Crippen LogP contribution in [0.2, 0.25) is 0 Å². The van der Waals surface area contributed by atoms with Gasteiger partial charge in [-0.1, -0.05) is 12.1 Å². The Kier molecular flexibility index (Phi) is 3.11. The van der Waals surface area contributed by atoms with E-state index in [9.17, 15) is 0 Å². The van der Waals surface area contributed by atoms with E-state index in [-0.39, 0.29) is 0 Å². The Morgan fingerprint density at radius 1 is 1.37 bits per heavy atom. The summed E-state index contributed by atoms with van der Waals surface area (Å²) in [5, 5.41) is 7.71. The molecule has 19 heavy (non-hydrogen) atoms. The number of aromatic nitrogens is 3. The summed E-state index contributed by atoms with van der Waals surface area (Å²) in [7, 11) is 0. The zero-order valence-electron chi connectivity index (χ0n) is 11.4. The number of anilines is 2. The van der Waals surface area contributed by atoms with Crippen molar-refractivity contribution in [1.82, 2.24) is 14.8 Å². The van der Waals surface area contributed by atoms with Crippen molar-refractivity contribution in [2.45, 2.75) is 33.0 Å². The number of hydrogen-bond donors (Lipinski definition) is 1. The molecule has 100 valence electrons. The summed E-state index contributed by atoms with van der Waals surface area (Å²) in [4.78, 5) is 6.77. The third-order valence-corrected chi connectivity index (χ3v) is 3.64. The quantitative estimate of drug-likeness (QED) is 0.915. The van der Waals surface area contributed by atoms with E-state index >= 15 is 0 Å². The fraction of sp³-hybridized carbons (Fsp3) is 0.429. The largest absolute Gasteiger partial charge is 0.381 e. The molecular formula is C14H19N5. The number of benzene rings is 1. The molecule has 1 aromatic heterocycles. The summed E-state index contributed by atoms with van der Waals surface area (Å²) >= 11 is 0. The maximum atomic E-state index is 4.38. The summed E-state index contributed by atoms with van der Waals surface area (Å²) in [6, 6.07) is 8.87. The highest BCUT2D eigenvalue weighted by molar-refractivity contribution is 5.72. The molecule has 1 unspecified atom stereocenters. The van der Waals surface area contributed by atoms with Gasteiger partial charge < -0.3 is 10.2 Å². The second kappa shape index (κ2) is 4.91. The Morgan fingerprint density at radius 2 is 2.21 bits per heavy atom. The SMILES string of the molecule is CCn1ncnc1CN1c2ccccc2NCC1C. The van der Waals surface area contributed by atoms with E-state index in [2.05, 4.69) is 58.4 Å². The molecule has 0 fully saturated rings. The Balaban J connectivity index is 1.92. The van der Waals surface area contributed by atoms with Crippen LogP contribution in [0, 0.1) is 0 Å². The fourth-order valence-electron chi connectivity index (χ4n) is 2.55. The first-order valence-corrected chi connectivity index (χ1v) is 6.76. The molecule has 1 N–H and O–H groups in total. The molecule has 0 saturated carbocycles. The summed E-state index contributed by atoms with van der Waals surface area (Å²) in [5.74, 6) is 1.02. The normalized spacial score (nSPS) is 18.0. The predicted octanol–water partition coefficient (Wildman–Crippen LogP) is 2.12. The zero-order chi connectivity index (χ0) is 13.2. The average molecular weight is 257 g/mol. The van der Waals surface area contributed by atoms with Crippen molar-refractivity contribution in [1.29, 1.82) is 0 Å². The first-order valence-electron chi connectivity index (χ1n) is 6.76. The first-order chi connectivity index (χ1) is 9.29. The lowest BCUT2D eigenvalue weighted by Crippen LogP contribution is -2.42. The minimum Gasteiger partial charge on any atom is -0.381 e.